The molecule has 3 aromatic carbocycles. The van der Waals surface area contributed by atoms with Gasteiger partial charge in [-0.1, -0.05) is 74.4 Å². The van der Waals surface area contributed by atoms with Crippen molar-refractivity contribution in [3.05, 3.63) is 112 Å². The van der Waals surface area contributed by atoms with Gasteiger partial charge in [0.15, 0.2) is 0 Å². The average Bonchev–Trinajstić information content (AvgIpc) is 3.51. The number of carboxylic acid groups (broad SMARTS) is 1. The summed E-state index contributed by atoms with van der Waals surface area (Å²) in [5.41, 5.74) is 5.57. The van der Waals surface area contributed by atoms with Crippen LogP contribution in [0.25, 0.3) is 22.2 Å². The van der Waals surface area contributed by atoms with Crippen LogP contribution in [0.2, 0.25) is 5.02 Å². The summed E-state index contributed by atoms with van der Waals surface area (Å²) in [6.45, 7) is 0.307. The third-order valence-corrected chi connectivity index (χ3v) is 10.4. The number of benzene rings is 3. The zero-order valence-corrected chi connectivity index (χ0v) is 27.9. The minimum absolute atomic E-state index is 0.0400. The number of allylic oxidation sites excluding steroid dienone is 3. The number of carbonyl (C=O) groups is 2. The van der Waals surface area contributed by atoms with Gasteiger partial charge in [-0.15, -0.1) is 0 Å². The topological polar surface area (TPSA) is 93.5 Å². The first-order chi connectivity index (χ1) is 23.4. The van der Waals surface area contributed by atoms with Crippen LogP contribution in [0.4, 0.5) is 0 Å². The maximum absolute atomic E-state index is 13.3. The van der Waals surface area contributed by atoms with Gasteiger partial charge >= 0.3 is 5.97 Å². The molecule has 7 nitrogen and oxygen atoms in total. The highest BCUT2D eigenvalue weighted by molar-refractivity contribution is 6.30. The summed E-state index contributed by atoms with van der Waals surface area (Å²) in [6.07, 6.45) is 18.5. The van der Waals surface area contributed by atoms with E-state index in [1.165, 1.54) is 25.7 Å². The van der Waals surface area contributed by atoms with Crippen molar-refractivity contribution in [2.24, 2.45) is 0 Å². The molecule has 2 N–H and O–H groups in total. The van der Waals surface area contributed by atoms with Crippen molar-refractivity contribution < 1.29 is 19.4 Å². The lowest BCUT2D eigenvalue weighted by molar-refractivity contribution is 0.0696. The van der Waals surface area contributed by atoms with Crippen LogP contribution in [0.3, 0.4) is 0 Å². The van der Waals surface area contributed by atoms with Crippen molar-refractivity contribution >= 4 is 34.5 Å². The Kier molecular flexibility index (Phi) is 9.66. The highest BCUT2D eigenvalue weighted by Crippen LogP contribution is 2.38. The second kappa shape index (κ2) is 14.4. The van der Waals surface area contributed by atoms with E-state index >= 15 is 0 Å². The van der Waals surface area contributed by atoms with E-state index in [1.807, 2.05) is 54.6 Å². The van der Waals surface area contributed by atoms with E-state index in [-0.39, 0.29) is 23.4 Å². The molecule has 0 bridgehead atoms. The van der Waals surface area contributed by atoms with Gasteiger partial charge in [-0.05, 0) is 103 Å². The Labute approximate surface area is 286 Å². The Bertz CT molecular complexity index is 1860. The number of carbonyl (C=O) groups excluding carboxylic acids is 1. The number of imidazole rings is 1. The normalized spacial score (nSPS) is 18.9. The highest BCUT2D eigenvalue weighted by Gasteiger charge is 2.26. The van der Waals surface area contributed by atoms with Gasteiger partial charge in [-0.2, -0.15) is 0 Å². The lowest BCUT2D eigenvalue weighted by Crippen LogP contribution is -2.36. The number of hydrogen-bond donors (Lipinski definition) is 2. The molecule has 4 aromatic rings. The SMILES string of the molecule is O=C(O)c1ccc2c(c1)nc(C1C=CC(OCc3cc(C(=O)NC4CCCCC4)ccc3-c3ccc(Cl)cc3)=CC1)n2C1CCCCC1. The van der Waals surface area contributed by atoms with Gasteiger partial charge in [0.25, 0.3) is 5.91 Å². The largest absolute Gasteiger partial charge is 0.489 e. The monoisotopic (exact) mass is 663 g/mol. The van der Waals surface area contributed by atoms with Crippen molar-refractivity contribution in [3.63, 3.8) is 0 Å². The van der Waals surface area contributed by atoms with Crippen LogP contribution in [0.15, 0.2) is 84.7 Å². The molecule has 1 atom stereocenters. The standard InChI is InChI=1S/C40H42ClN3O4/c41-31-17-11-26(12-18-31)35-21-15-28(39(45)42-32-7-3-1-4-8-32)23-30(35)25-48-34-19-13-27(14-20-34)38-43-36-24-29(40(46)47)16-22-37(36)44(38)33-9-5-2-6-10-33/h11-13,15-24,27,32-33H,1-10,14,25H2,(H,42,45)(H,46,47). The summed E-state index contributed by atoms with van der Waals surface area (Å²) in [5.74, 6) is 0.826. The van der Waals surface area contributed by atoms with Crippen molar-refractivity contribution in [1.29, 1.82) is 0 Å². The van der Waals surface area contributed by atoms with Crippen LogP contribution in [-0.2, 0) is 11.3 Å². The van der Waals surface area contributed by atoms with E-state index in [4.69, 9.17) is 21.3 Å². The third-order valence-electron chi connectivity index (χ3n) is 10.2. The van der Waals surface area contributed by atoms with Gasteiger partial charge in [0.05, 0.1) is 16.6 Å². The molecule has 0 saturated heterocycles. The van der Waals surface area contributed by atoms with Gasteiger partial charge in [0.2, 0.25) is 0 Å². The van der Waals surface area contributed by atoms with Crippen LogP contribution < -0.4 is 5.32 Å². The maximum Gasteiger partial charge on any atom is 0.335 e. The fourth-order valence-corrected chi connectivity index (χ4v) is 7.70. The number of carboxylic acids is 1. The average molecular weight is 664 g/mol. The molecule has 3 aliphatic rings. The van der Waals surface area contributed by atoms with Gasteiger partial charge in [-0.25, -0.2) is 9.78 Å². The lowest BCUT2D eigenvalue weighted by atomic mass is 9.93. The molecule has 0 aliphatic heterocycles. The smallest absolute Gasteiger partial charge is 0.335 e. The molecule has 1 amide bonds. The van der Waals surface area contributed by atoms with Crippen molar-refractivity contribution in [2.75, 3.05) is 0 Å². The summed E-state index contributed by atoms with van der Waals surface area (Å²) in [5, 5.41) is 13.5. The molecule has 8 heteroatoms. The van der Waals surface area contributed by atoms with E-state index < -0.39 is 5.97 Å². The number of amides is 1. The number of aromatic carboxylic acids is 1. The molecule has 48 heavy (non-hydrogen) atoms. The molecule has 7 rings (SSSR count). The first-order valence-corrected chi connectivity index (χ1v) is 17.8. The van der Waals surface area contributed by atoms with Crippen molar-refractivity contribution in [2.45, 2.75) is 95.2 Å². The zero-order valence-electron chi connectivity index (χ0n) is 27.2. The molecule has 2 saturated carbocycles. The quantitative estimate of drug-likeness (QED) is 0.186. The van der Waals surface area contributed by atoms with E-state index in [1.54, 1.807) is 12.1 Å². The number of nitrogens with one attached hydrogen (secondary N) is 1. The first kappa shape index (κ1) is 32.2. The Balaban J connectivity index is 1.11. The van der Waals surface area contributed by atoms with Crippen LogP contribution in [0.1, 0.15) is 115 Å². The van der Waals surface area contributed by atoms with Gasteiger partial charge in [0, 0.05) is 28.6 Å². The van der Waals surface area contributed by atoms with Crippen molar-refractivity contribution in [1.82, 2.24) is 14.9 Å². The molecule has 1 heterocycles. The Morgan fingerprint density at radius 3 is 2.33 bits per heavy atom. The molecule has 2 fully saturated rings. The summed E-state index contributed by atoms with van der Waals surface area (Å²) < 4.78 is 8.77. The molecule has 0 spiro atoms. The number of fused-ring (bicyclic) bond motifs is 1. The van der Waals surface area contributed by atoms with Crippen LogP contribution in [0, 0.1) is 0 Å². The highest BCUT2D eigenvalue weighted by atomic mass is 35.5. The Morgan fingerprint density at radius 2 is 1.62 bits per heavy atom. The summed E-state index contributed by atoms with van der Waals surface area (Å²) >= 11 is 6.19. The molecule has 0 radical (unpaired) electrons. The second-order valence-corrected chi connectivity index (χ2v) is 13.9. The van der Waals surface area contributed by atoms with Gasteiger partial charge in [0.1, 0.15) is 18.2 Å². The molecule has 3 aliphatic carbocycles. The summed E-state index contributed by atoms with van der Waals surface area (Å²) in [7, 11) is 0. The van der Waals surface area contributed by atoms with E-state index in [0.29, 0.717) is 23.2 Å². The number of aromatic nitrogens is 2. The maximum atomic E-state index is 13.3. The van der Waals surface area contributed by atoms with Crippen LogP contribution >= 0.6 is 11.6 Å². The fourth-order valence-electron chi connectivity index (χ4n) is 7.58. The summed E-state index contributed by atoms with van der Waals surface area (Å²) in [6, 6.07) is 19.5. The third kappa shape index (κ3) is 7.07. The molecular formula is C40H42ClN3O4. The van der Waals surface area contributed by atoms with E-state index in [9.17, 15) is 14.7 Å². The minimum Gasteiger partial charge on any atom is -0.489 e. The van der Waals surface area contributed by atoms with Gasteiger partial charge in [-0.3, -0.25) is 4.79 Å². The molecule has 1 aromatic heterocycles. The minimum atomic E-state index is -0.942. The number of nitrogens with zero attached hydrogens (tertiary/aromatic N) is 2. The predicted molar refractivity (Wildman–Crippen MR) is 189 cm³/mol. The van der Waals surface area contributed by atoms with Crippen LogP contribution in [0.5, 0.6) is 0 Å². The number of rotatable bonds is 9. The first-order valence-electron chi connectivity index (χ1n) is 17.4. The number of ether oxygens (including phenoxy) is 1. The number of halogens is 1. The van der Waals surface area contributed by atoms with E-state index in [2.05, 4.69) is 22.0 Å². The molecule has 1 unspecified atom stereocenters. The van der Waals surface area contributed by atoms with Gasteiger partial charge < -0.3 is 19.7 Å². The molecular weight excluding hydrogens is 622 g/mol. The number of hydrogen-bond acceptors (Lipinski definition) is 4. The van der Waals surface area contributed by atoms with Crippen molar-refractivity contribution in [3.8, 4) is 11.1 Å². The fraction of sp³-hybridized carbons (Fsp3) is 0.375. The van der Waals surface area contributed by atoms with E-state index in [0.717, 1.165) is 84.3 Å². The Morgan fingerprint density at radius 1 is 0.896 bits per heavy atom. The summed E-state index contributed by atoms with van der Waals surface area (Å²) in [4.78, 5) is 30.0. The lowest BCUT2D eigenvalue weighted by Gasteiger charge is -2.27. The van der Waals surface area contributed by atoms with Crippen LogP contribution in [-0.4, -0.2) is 32.6 Å². The second-order valence-electron chi connectivity index (χ2n) is 13.4. The Hall–Kier alpha value is -4.36. The molecule has 248 valence electrons. The zero-order chi connectivity index (χ0) is 33.0. The predicted octanol–water partition coefficient (Wildman–Crippen LogP) is 9.77.